The summed E-state index contributed by atoms with van der Waals surface area (Å²) < 4.78 is 10.2. The number of carbonyl (C=O) groups excluding carboxylic acids is 3. The van der Waals surface area contributed by atoms with Crippen LogP contribution in [0.5, 0.6) is 5.75 Å². The van der Waals surface area contributed by atoms with Crippen molar-refractivity contribution in [3.63, 3.8) is 0 Å². The molecule has 148 valence electrons. The van der Waals surface area contributed by atoms with Crippen LogP contribution in [0.3, 0.4) is 0 Å². The molecule has 0 spiro atoms. The van der Waals surface area contributed by atoms with Crippen molar-refractivity contribution in [2.75, 3.05) is 26.8 Å². The van der Waals surface area contributed by atoms with Gasteiger partial charge in [0.2, 0.25) is 0 Å². The highest BCUT2D eigenvalue weighted by Gasteiger charge is 2.31. The third-order valence-corrected chi connectivity index (χ3v) is 5.52. The van der Waals surface area contributed by atoms with Crippen LogP contribution in [-0.4, -0.2) is 49.5 Å². The largest absolute Gasteiger partial charge is 0.496 e. The van der Waals surface area contributed by atoms with E-state index in [0.29, 0.717) is 17.9 Å². The summed E-state index contributed by atoms with van der Waals surface area (Å²) >= 11 is 1.62. The number of methoxy groups -OCH3 is 1. The number of ether oxygens (including phenoxy) is 2. The summed E-state index contributed by atoms with van der Waals surface area (Å²) in [5.41, 5.74) is 0.324. The Morgan fingerprint density at radius 1 is 1.21 bits per heavy atom. The molecule has 7 nitrogen and oxygen atoms in total. The van der Waals surface area contributed by atoms with E-state index in [9.17, 15) is 14.4 Å². The molecule has 1 aromatic heterocycles. The first-order valence-corrected chi connectivity index (χ1v) is 9.88. The average molecular weight is 402 g/mol. The normalized spacial score (nSPS) is 15.9. The maximum Gasteiger partial charge on any atom is 0.325 e. The summed E-state index contributed by atoms with van der Waals surface area (Å²) in [5, 5.41) is 4.47. The summed E-state index contributed by atoms with van der Waals surface area (Å²) in [6, 6.07) is 10.7. The Kier molecular flexibility index (Phi) is 6.65. The number of hydrogen-bond donors (Lipinski definition) is 1. The van der Waals surface area contributed by atoms with Gasteiger partial charge in [0.15, 0.2) is 6.61 Å². The lowest BCUT2D eigenvalue weighted by Crippen LogP contribution is -2.36. The van der Waals surface area contributed by atoms with Crippen LogP contribution in [-0.2, 0) is 14.3 Å². The van der Waals surface area contributed by atoms with E-state index in [-0.39, 0.29) is 25.1 Å². The zero-order valence-corrected chi connectivity index (χ0v) is 16.4. The standard InChI is InChI=1S/C20H22N2O5S/c1-26-16-8-3-2-6-14(16)20(25)21-12-19(24)27-13-18(23)22-10-4-7-15(22)17-9-5-11-28-17/h2-3,5-6,8-9,11,15H,4,7,10,12-13H2,1H3,(H,21,25). The molecule has 1 aromatic carbocycles. The van der Waals surface area contributed by atoms with Crippen molar-refractivity contribution in [3.05, 3.63) is 52.2 Å². The van der Waals surface area contributed by atoms with Crippen molar-refractivity contribution in [2.45, 2.75) is 18.9 Å². The van der Waals surface area contributed by atoms with Crippen molar-refractivity contribution in [2.24, 2.45) is 0 Å². The minimum Gasteiger partial charge on any atom is -0.496 e. The van der Waals surface area contributed by atoms with Crippen molar-refractivity contribution in [1.29, 1.82) is 0 Å². The monoisotopic (exact) mass is 402 g/mol. The Morgan fingerprint density at radius 2 is 2.04 bits per heavy atom. The van der Waals surface area contributed by atoms with Gasteiger partial charge in [0.05, 0.1) is 18.7 Å². The van der Waals surface area contributed by atoms with Gasteiger partial charge in [0.1, 0.15) is 12.3 Å². The van der Waals surface area contributed by atoms with Crippen LogP contribution >= 0.6 is 11.3 Å². The van der Waals surface area contributed by atoms with E-state index in [2.05, 4.69) is 5.32 Å². The zero-order chi connectivity index (χ0) is 19.9. The number of hydrogen-bond acceptors (Lipinski definition) is 6. The van der Waals surface area contributed by atoms with Crippen LogP contribution in [0.15, 0.2) is 41.8 Å². The number of thiophene rings is 1. The maximum absolute atomic E-state index is 12.4. The molecule has 1 N–H and O–H groups in total. The molecule has 3 rings (SSSR count). The fraction of sp³-hybridized carbons (Fsp3) is 0.350. The predicted molar refractivity (Wildman–Crippen MR) is 104 cm³/mol. The fourth-order valence-electron chi connectivity index (χ4n) is 3.20. The third kappa shape index (κ3) is 4.69. The molecule has 8 heteroatoms. The lowest BCUT2D eigenvalue weighted by atomic mass is 10.2. The molecule has 0 radical (unpaired) electrons. The average Bonchev–Trinajstić information content (AvgIpc) is 3.41. The number of carbonyl (C=O) groups is 3. The Bertz CT molecular complexity index is 837. The molecule has 2 heterocycles. The van der Waals surface area contributed by atoms with Crippen LogP contribution in [0.1, 0.15) is 34.1 Å². The van der Waals surface area contributed by atoms with Crippen molar-refractivity contribution in [1.82, 2.24) is 10.2 Å². The molecule has 2 aromatic rings. The van der Waals surface area contributed by atoms with Crippen LogP contribution in [0.4, 0.5) is 0 Å². The summed E-state index contributed by atoms with van der Waals surface area (Å²) in [5.74, 6) is -0.918. The second-order valence-electron chi connectivity index (χ2n) is 6.30. The first-order chi connectivity index (χ1) is 13.6. The zero-order valence-electron chi connectivity index (χ0n) is 15.6. The number of nitrogens with one attached hydrogen (secondary N) is 1. The smallest absolute Gasteiger partial charge is 0.325 e. The van der Waals surface area contributed by atoms with Gasteiger partial charge in [-0.1, -0.05) is 18.2 Å². The minimum absolute atomic E-state index is 0.0523. The fourth-order valence-corrected chi connectivity index (χ4v) is 4.07. The van der Waals surface area contributed by atoms with Crippen LogP contribution in [0, 0.1) is 0 Å². The van der Waals surface area contributed by atoms with Gasteiger partial charge in [0, 0.05) is 11.4 Å². The van der Waals surface area contributed by atoms with Gasteiger partial charge in [-0.3, -0.25) is 14.4 Å². The number of amides is 2. The SMILES string of the molecule is COc1ccccc1C(=O)NCC(=O)OCC(=O)N1CCCC1c1cccs1. The Morgan fingerprint density at radius 3 is 2.79 bits per heavy atom. The van der Waals surface area contributed by atoms with Gasteiger partial charge >= 0.3 is 5.97 Å². The highest BCUT2D eigenvalue weighted by molar-refractivity contribution is 7.10. The molecule has 0 saturated carbocycles. The van der Waals surface area contributed by atoms with E-state index in [4.69, 9.17) is 9.47 Å². The number of esters is 1. The van der Waals surface area contributed by atoms with E-state index >= 15 is 0 Å². The molecule has 1 aliphatic rings. The topological polar surface area (TPSA) is 84.9 Å². The maximum atomic E-state index is 12.4. The second-order valence-corrected chi connectivity index (χ2v) is 7.28. The Hall–Kier alpha value is -2.87. The molecule has 1 atom stereocenters. The van der Waals surface area contributed by atoms with E-state index in [1.165, 1.54) is 7.11 Å². The predicted octanol–water partition coefficient (Wildman–Crippen LogP) is 2.39. The third-order valence-electron chi connectivity index (χ3n) is 4.55. The lowest BCUT2D eigenvalue weighted by molar-refractivity contribution is -0.151. The summed E-state index contributed by atoms with van der Waals surface area (Å²) in [7, 11) is 1.47. The number of benzene rings is 1. The summed E-state index contributed by atoms with van der Waals surface area (Å²) in [4.78, 5) is 39.4. The van der Waals surface area contributed by atoms with Gasteiger partial charge in [0.25, 0.3) is 11.8 Å². The molecule has 0 aliphatic carbocycles. The van der Waals surface area contributed by atoms with Crippen LogP contribution in [0.25, 0.3) is 0 Å². The lowest BCUT2D eigenvalue weighted by Gasteiger charge is -2.23. The molecule has 1 fully saturated rings. The van der Waals surface area contributed by atoms with Crippen LogP contribution in [0.2, 0.25) is 0 Å². The summed E-state index contributed by atoms with van der Waals surface area (Å²) in [6.45, 7) is 0.00718. The number of rotatable bonds is 7. The highest BCUT2D eigenvalue weighted by atomic mass is 32.1. The van der Waals surface area contributed by atoms with Crippen LogP contribution < -0.4 is 10.1 Å². The molecule has 1 aliphatic heterocycles. The molecule has 1 unspecified atom stereocenters. The van der Waals surface area contributed by atoms with E-state index in [1.807, 2.05) is 17.5 Å². The quantitative estimate of drug-likeness (QED) is 0.719. The first kappa shape index (κ1) is 19.9. The van der Waals surface area contributed by atoms with Gasteiger partial charge in [-0.25, -0.2) is 0 Å². The molecule has 2 amide bonds. The summed E-state index contributed by atoms with van der Waals surface area (Å²) in [6.07, 6.45) is 1.84. The van der Waals surface area contributed by atoms with Crippen molar-refractivity contribution in [3.8, 4) is 5.75 Å². The number of likely N-dealkylation sites (tertiary alicyclic amines) is 1. The van der Waals surface area contributed by atoms with E-state index < -0.39 is 11.9 Å². The number of para-hydroxylation sites is 1. The minimum atomic E-state index is -0.663. The molecular weight excluding hydrogens is 380 g/mol. The first-order valence-electron chi connectivity index (χ1n) is 9.00. The molecule has 1 saturated heterocycles. The van der Waals surface area contributed by atoms with E-state index in [1.54, 1.807) is 40.5 Å². The van der Waals surface area contributed by atoms with Crippen molar-refractivity contribution < 1.29 is 23.9 Å². The molecule has 0 bridgehead atoms. The van der Waals surface area contributed by atoms with Crippen molar-refractivity contribution >= 4 is 29.1 Å². The number of nitrogens with zero attached hydrogens (tertiary/aromatic N) is 1. The molecular formula is C20H22N2O5S. The Labute approximate surface area is 167 Å². The van der Waals surface area contributed by atoms with Gasteiger partial charge in [-0.05, 0) is 36.4 Å². The van der Waals surface area contributed by atoms with Gasteiger partial charge < -0.3 is 19.7 Å². The van der Waals surface area contributed by atoms with E-state index in [0.717, 1.165) is 17.7 Å². The molecule has 28 heavy (non-hydrogen) atoms. The van der Waals surface area contributed by atoms with Gasteiger partial charge in [-0.2, -0.15) is 0 Å². The van der Waals surface area contributed by atoms with Gasteiger partial charge in [-0.15, -0.1) is 11.3 Å². The second kappa shape index (κ2) is 9.36. The highest BCUT2D eigenvalue weighted by Crippen LogP contribution is 2.34. The Balaban J connectivity index is 1.46.